The fourth-order valence-electron chi connectivity index (χ4n) is 3.54. The Morgan fingerprint density at radius 3 is 1.37 bits per heavy atom. The maximum atomic E-state index is 2.25. The smallest absolute Gasteiger partial charge is 0.0155 e. The van der Waals surface area contributed by atoms with E-state index in [9.17, 15) is 0 Å². The van der Waals surface area contributed by atoms with Crippen LogP contribution in [0, 0.1) is 41.5 Å². The minimum absolute atomic E-state index is 1.30. The standard InChI is InChI=1S/2C15H16/c1-11-4-7-14(8-5-11)15-9-6-12(2)13(3)10-15;1-11-4-7-14(8-5-11)15-9-6-12(2)10-13(15)3/h2*4-10H,1-3H3. The monoisotopic (exact) mass is 392 g/mol. The third-order valence-electron chi connectivity index (χ3n) is 5.64. The molecule has 0 heterocycles. The van der Waals surface area contributed by atoms with Crippen LogP contribution in [0.2, 0.25) is 0 Å². The molecule has 0 N–H and O–H groups in total. The molecule has 0 atom stereocenters. The van der Waals surface area contributed by atoms with Gasteiger partial charge in [-0.2, -0.15) is 0 Å². The molecule has 0 aliphatic carbocycles. The summed E-state index contributed by atoms with van der Waals surface area (Å²) >= 11 is 0. The molecule has 0 aromatic heterocycles. The van der Waals surface area contributed by atoms with E-state index in [1.54, 1.807) is 0 Å². The molecule has 0 heteroatoms. The Balaban J connectivity index is 0.000000171. The van der Waals surface area contributed by atoms with Gasteiger partial charge in [0.25, 0.3) is 0 Å². The van der Waals surface area contributed by atoms with E-state index in [1.165, 1.54) is 55.6 Å². The second-order valence-corrected chi connectivity index (χ2v) is 8.35. The van der Waals surface area contributed by atoms with Crippen LogP contribution in [0.1, 0.15) is 33.4 Å². The molecule has 30 heavy (non-hydrogen) atoms. The van der Waals surface area contributed by atoms with Crippen molar-refractivity contribution in [1.82, 2.24) is 0 Å². The van der Waals surface area contributed by atoms with Crippen molar-refractivity contribution >= 4 is 0 Å². The Morgan fingerprint density at radius 1 is 0.333 bits per heavy atom. The fourth-order valence-corrected chi connectivity index (χ4v) is 3.54. The molecule has 0 radical (unpaired) electrons. The quantitative estimate of drug-likeness (QED) is 0.320. The van der Waals surface area contributed by atoms with Gasteiger partial charge in [-0.1, -0.05) is 102 Å². The van der Waals surface area contributed by atoms with E-state index in [4.69, 9.17) is 0 Å². The summed E-state index contributed by atoms with van der Waals surface area (Å²) in [5.41, 5.74) is 13.2. The summed E-state index contributed by atoms with van der Waals surface area (Å²) in [6, 6.07) is 30.6. The summed E-state index contributed by atoms with van der Waals surface area (Å²) in [5, 5.41) is 0. The van der Waals surface area contributed by atoms with Crippen molar-refractivity contribution in [2.45, 2.75) is 41.5 Å². The van der Waals surface area contributed by atoms with Crippen molar-refractivity contribution in [1.29, 1.82) is 0 Å². The van der Waals surface area contributed by atoms with Crippen molar-refractivity contribution in [3.63, 3.8) is 0 Å². The second-order valence-electron chi connectivity index (χ2n) is 8.35. The van der Waals surface area contributed by atoms with Gasteiger partial charge in [-0.05, 0) is 80.5 Å². The number of rotatable bonds is 2. The Kier molecular flexibility index (Phi) is 6.90. The molecule has 0 unspecified atom stereocenters. The van der Waals surface area contributed by atoms with Gasteiger partial charge in [-0.3, -0.25) is 0 Å². The van der Waals surface area contributed by atoms with E-state index in [-0.39, 0.29) is 0 Å². The topological polar surface area (TPSA) is 0 Å². The number of hydrogen-bond donors (Lipinski definition) is 0. The Hall–Kier alpha value is -3.12. The third-order valence-corrected chi connectivity index (χ3v) is 5.64. The Labute approximate surface area is 182 Å². The Bertz CT molecular complexity index is 1110. The van der Waals surface area contributed by atoms with Crippen molar-refractivity contribution in [2.24, 2.45) is 0 Å². The van der Waals surface area contributed by atoms with Crippen LogP contribution >= 0.6 is 0 Å². The zero-order chi connectivity index (χ0) is 21.7. The maximum Gasteiger partial charge on any atom is -0.0155 e. The number of hydrogen-bond acceptors (Lipinski definition) is 0. The van der Waals surface area contributed by atoms with Crippen molar-refractivity contribution < 1.29 is 0 Å². The highest BCUT2D eigenvalue weighted by Gasteiger charge is 2.01. The van der Waals surface area contributed by atoms with E-state index < -0.39 is 0 Å². The van der Waals surface area contributed by atoms with Gasteiger partial charge in [0.1, 0.15) is 0 Å². The molecular weight excluding hydrogens is 360 g/mol. The van der Waals surface area contributed by atoms with Crippen LogP contribution in [0.5, 0.6) is 0 Å². The molecule has 4 aromatic rings. The summed E-state index contributed by atoms with van der Waals surface area (Å²) < 4.78 is 0. The van der Waals surface area contributed by atoms with Crippen LogP contribution in [0.25, 0.3) is 22.3 Å². The van der Waals surface area contributed by atoms with E-state index in [0.717, 1.165) is 0 Å². The van der Waals surface area contributed by atoms with Gasteiger partial charge < -0.3 is 0 Å². The molecule has 0 saturated heterocycles. The molecule has 0 spiro atoms. The molecule has 0 bridgehead atoms. The molecule has 0 saturated carbocycles. The van der Waals surface area contributed by atoms with Gasteiger partial charge in [0.2, 0.25) is 0 Å². The van der Waals surface area contributed by atoms with Crippen molar-refractivity contribution in [3.05, 3.63) is 118 Å². The molecule has 4 rings (SSSR count). The van der Waals surface area contributed by atoms with Gasteiger partial charge >= 0.3 is 0 Å². The molecule has 4 aromatic carbocycles. The first-order valence-corrected chi connectivity index (χ1v) is 10.6. The number of benzene rings is 4. The van der Waals surface area contributed by atoms with E-state index >= 15 is 0 Å². The summed E-state index contributed by atoms with van der Waals surface area (Å²) in [6.07, 6.45) is 0. The maximum absolute atomic E-state index is 2.25. The first kappa shape index (κ1) is 21.6. The first-order chi connectivity index (χ1) is 14.3. The van der Waals surface area contributed by atoms with Gasteiger partial charge in [0, 0.05) is 0 Å². The van der Waals surface area contributed by atoms with E-state index in [0.29, 0.717) is 0 Å². The molecule has 0 nitrogen and oxygen atoms in total. The van der Waals surface area contributed by atoms with E-state index in [1.807, 2.05) is 0 Å². The Morgan fingerprint density at radius 2 is 0.833 bits per heavy atom. The highest BCUT2D eigenvalue weighted by atomic mass is 14.1. The SMILES string of the molecule is Cc1ccc(-c2ccc(C)c(C)c2)cc1.Cc1ccc(-c2ccc(C)cc2C)cc1. The summed E-state index contributed by atoms with van der Waals surface area (Å²) in [6.45, 7) is 12.8. The molecule has 0 fully saturated rings. The lowest BCUT2D eigenvalue weighted by atomic mass is 9.98. The highest BCUT2D eigenvalue weighted by molar-refractivity contribution is 5.68. The summed E-state index contributed by atoms with van der Waals surface area (Å²) in [4.78, 5) is 0. The van der Waals surface area contributed by atoms with Gasteiger partial charge in [-0.15, -0.1) is 0 Å². The lowest BCUT2D eigenvalue weighted by Gasteiger charge is -2.07. The molecule has 0 aliphatic rings. The van der Waals surface area contributed by atoms with Crippen LogP contribution in [0.15, 0.2) is 84.9 Å². The van der Waals surface area contributed by atoms with Gasteiger partial charge in [0.15, 0.2) is 0 Å². The lowest BCUT2D eigenvalue weighted by Crippen LogP contribution is -1.84. The molecule has 0 aliphatic heterocycles. The second kappa shape index (κ2) is 9.59. The van der Waals surface area contributed by atoms with Gasteiger partial charge in [0.05, 0.1) is 0 Å². The molecule has 152 valence electrons. The van der Waals surface area contributed by atoms with Crippen LogP contribution < -0.4 is 0 Å². The summed E-state index contributed by atoms with van der Waals surface area (Å²) in [7, 11) is 0. The largest absolute Gasteiger partial charge is 0.0587 e. The average Bonchev–Trinajstić information content (AvgIpc) is 2.72. The average molecular weight is 393 g/mol. The minimum Gasteiger partial charge on any atom is -0.0587 e. The fraction of sp³-hybridized carbons (Fsp3) is 0.200. The highest BCUT2D eigenvalue weighted by Crippen LogP contribution is 2.24. The van der Waals surface area contributed by atoms with Gasteiger partial charge in [-0.25, -0.2) is 0 Å². The van der Waals surface area contributed by atoms with Crippen LogP contribution in [0.3, 0.4) is 0 Å². The predicted molar refractivity (Wildman–Crippen MR) is 132 cm³/mol. The van der Waals surface area contributed by atoms with Crippen molar-refractivity contribution in [2.75, 3.05) is 0 Å². The first-order valence-electron chi connectivity index (χ1n) is 10.6. The van der Waals surface area contributed by atoms with Crippen LogP contribution in [0.4, 0.5) is 0 Å². The molecule has 0 amide bonds. The normalized spacial score (nSPS) is 10.3. The lowest BCUT2D eigenvalue weighted by molar-refractivity contribution is 1.34. The predicted octanol–water partition coefficient (Wildman–Crippen LogP) is 8.56. The van der Waals surface area contributed by atoms with Crippen LogP contribution in [-0.4, -0.2) is 0 Å². The third kappa shape index (κ3) is 5.48. The minimum atomic E-state index is 1.30. The van der Waals surface area contributed by atoms with E-state index in [2.05, 4.69) is 126 Å². The zero-order valence-corrected chi connectivity index (χ0v) is 19.1. The van der Waals surface area contributed by atoms with Crippen molar-refractivity contribution in [3.8, 4) is 22.3 Å². The zero-order valence-electron chi connectivity index (χ0n) is 19.1. The van der Waals surface area contributed by atoms with Crippen LogP contribution in [-0.2, 0) is 0 Å². The summed E-state index contributed by atoms with van der Waals surface area (Å²) in [5.74, 6) is 0. The number of aryl methyl sites for hydroxylation is 6. The molecular formula is C30H32.